The Hall–Kier alpha value is -1.91. The molecular weight excluding hydrogens is 362 g/mol. The van der Waals surface area contributed by atoms with E-state index in [0.717, 1.165) is 31.2 Å². The molecule has 2 amide bonds. The number of aromatic nitrogens is 1. The predicted octanol–water partition coefficient (Wildman–Crippen LogP) is 3.98. The van der Waals surface area contributed by atoms with Crippen molar-refractivity contribution in [2.24, 2.45) is 17.3 Å². The number of pyridine rings is 1. The van der Waals surface area contributed by atoms with E-state index in [1.54, 1.807) is 12.4 Å². The molecule has 2 unspecified atom stereocenters. The van der Waals surface area contributed by atoms with Gasteiger partial charge in [-0.1, -0.05) is 26.8 Å². The molecule has 0 spiro atoms. The van der Waals surface area contributed by atoms with E-state index >= 15 is 0 Å². The molecule has 29 heavy (non-hydrogen) atoms. The van der Waals surface area contributed by atoms with E-state index in [4.69, 9.17) is 0 Å². The lowest BCUT2D eigenvalue weighted by Gasteiger charge is -2.39. The number of nitrogens with zero attached hydrogens (tertiary/aromatic N) is 1. The minimum absolute atomic E-state index is 0.0334. The predicted molar refractivity (Wildman–Crippen MR) is 115 cm³/mol. The van der Waals surface area contributed by atoms with Crippen molar-refractivity contribution in [1.82, 2.24) is 15.6 Å². The molecule has 1 aromatic heterocycles. The normalized spacial score (nSPS) is 25.1. The zero-order valence-corrected chi connectivity index (χ0v) is 18.7. The average Bonchev–Trinajstić information content (AvgIpc) is 3.38. The third-order valence-electron chi connectivity index (χ3n) is 6.75. The fourth-order valence-corrected chi connectivity index (χ4v) is 5.14. The Morgan fingerprint density at radius 3 is 2.55 bits per heavy atom. The molecule has 2 saturated carbocycles. The molecule has 2 N–H and O–H groups in total. The highest BCUT2D eigenvalue weighted by molar-refractivity contribution is 5.87. The van der Waals surface area contributed by atoms with Gasteiger partial charge in [0.2, 0.25) is 11.8 Å². The molecule has 160 valence electrons. The Bertz CT molecular complexity index is 738. The van der Waals surface area contributed by atoms with Gasteiger partial charge in [0.1, 0.15) is 0 Å². The van der Waals surface area contributed by atoms with E-state index in [-0.39, 0.29) is 17.4 Å². The largest absolute Gasteiger partial charge is 0.353 e. The highest BCUT2D eigenvalue weighted by Crippen LogP contribution is 2.43. The van der Waals surface area contributed by atoms with Crippen LogP contribution in [0.3, 0.4) is 0 Å². The van der Waals surface area contributed by atoms with Crippen molar-refractivity contribution in [3.63, 3.8) is 0 Å². The van der Waals surface area contributed by atoms with E-state index in [2.05, 4.69) is 36.4 Å². The lowest BCUT2D eigenvalue weighted by molar-refractivity contribution is -0.127. The fraction of sp³-hybridized carbons (Fsp3) is 0.708. The third-order valence-corrected chi connectivity index (χ3v) is 6.75. The first-order valence-electron chi connectivity index (χ1n) is 11.0. The van der Waals surface area contributed by atoms with Gasteiger partial charge in [0.05, 0.1) is 11.0 Å². The standard InChI is InChI=1S/C24H37N3O2/c1-17-11-18(14-22(2,3)13-17)12-20(28)27-24(8-9-24)16-26-21(29)23(4,5)19-7-6-10-25-15-19/h6-7,10,15,17-18H,8-9,11-14,16H2,1-5H3,(H,26,29)(H,27,28). The third kappa shape index (κ3) is 5.58. The van der Waals surface area contributed by atoms with Gasteiger partial charge in [-0.3, -0.25) is 14.6 Å². The summed E-state index contributed by atoms with van der Waals surface area (Å²) in [6.07, 6.45) is 9.41. The molecule has 0 bridgehead atoms. The molecule has 2 aliphatic carbocycles. The van der Waals surface area contributed by atoms with Crippen LogP contribution in [0.25, 0.3) is 0 Å². The van der Waals surface area contributed by atoms with Gasteiger partial charge < -0.3 is 10.6 Å². The van der Waals surface area contributed by atoms with E-state index < -0.39 is 5.41 Å². The van der Waals surface area contributed by atoms with Crippen LogP contribution in [-0.2, 0) is 15.0 Å². The van der Waals surface area contributed by atoms with Gasteiger partial charge in [-0.25, -0.2) is 0 Å². The van der Waals surface area contributed by atoms with Gasteiger partial charge in [-0.15, -0.1) is 0 Å². The van der Waals surface area contributed by atoms with Crippen LogP contribution in [0.5, 0.6) is 0 Å². The molecule has 3 rings (SSSR count). The molecule has 1 heterocycles. The van der Waals surface area contributed by atoms with Gasteiger partial charge >= 0.3 is 0 Å². The van der Waals surface area contributed by atoms with Crippen molar-refractivity contribution < 1.29 is 9.59 Å². The monoisotopic (exact) mass is 399 g/mol. The van der Waals surface area contributed by atoms with Crippen molar-refractivity contribution >= 4 is 11.8 Å². The topological polar surface area (TPSA) is 71.1 Å². The van der Waals surface area contributed by atoms with E-state index in [1.807, 2.05) is 26.0 Å². The maximum atomic E-state index is 12.8. The Morgan fingerprint density at radius 2 is 1.97 bits per heavy atom. The summed E-state index contributed by atoms with van der Waals surface area (Å²) in [6, 6.07) is 3.77. The van der Waals surface area contributed by atoms with Crippen molar-refractivity contribution in [1.29, 1.82) is 0 Å². The molecule has 0 radical (unpaired) electrons. The number of hydrogen-bond acceptors (Lipinski definition) is 3. The van der Waals surface area contributed by atoms with Crippen LogP contribution in [0.1, 0.15) is 78.7 Å². The van der Waals surface area contributed by atoms with Gasteiger partial charge in [-0.2, -0.15) is 0 Å². The molecule has 1 aromatic rings. The van der Waals surface area contributed by atoms with Crippen LogP contribution in [0, 0.1) is 17.3 Å². The van der Waals surface area contributed by atoms with Crippen molar-refractivity contribution in [2.75, 3.05) is 6.54 Å². The summed E-state index contributed by atoms with van der Waals surface area (Å²) in [4.78, 5) is 29.6. The van der Waals surface area contributed by atoms with Crippen molar-refractivity contribution in [3.8, 4) is 0 Å². The number of carbonyl (C=O) groups excluding carboxylic acids is 2. The summed E-state index contributed by atoms with van der Waals surface area (Å²) in [5.74, 6) is 1.25. The highest BCUT2D eigenvalue weighted by Gasteiger charge is 2.45. The van der Waals surface area contributed by atoms with Crippen LogP contribution in [-0.4, -0.2) is 28.9 Å². The van der Waals surface area contributed by atoms with E-state index in [1.165, 1.54) is 6.42 Å². The van der Waals surface area contributed by atoms with Crippen molar-refractivity contribution in [2.45, 2.75) is 84.1 Å². The van der Waals surface area contributed by atoms with E-state index in [9.17, 15) is 9.59 Å². The lowest BCUT2D eigenvalue weighted by atomic mass is 9.67. The quantitative estimate of drug-likeness (QED) is 0.729. The summed E-state index contributed by atoms with van der Waals surface area (Å²) in [5, 5.41) is 6.31. The van der Waals surface area contributed by atoms with Crippen LogP contribution in [0.4, 0.5) is 0 Å². The first-order valence-corrected chi connectivity index (χ1v) is 11.0. The minimum atomic E-state index is -0.655. The molecule has 2 fully saturated rings. The Labute approximate surface area is 175 Å². The zero-order valence-electron chi connectivity index (χ0n) is 18.7. The first-order chi connectivity index (χ1) is 13.5. The van der Waals surface area contributed by atoms with Gasteiger partial charge in [-0.05, 0) is 74.8 Å². The Morgan fingerprint density at radius 1 is 1.24 bits per heavy atom. The number of carbonyl (C=O) groups is 2. The number of amides is 2. The molecular formula is C24H37N3O2. The summed E-state index contributed by atoms with van der Waals surface area (Å²) < 4.78 is 0. The van der Waals surface area contributed by atoms with Gasteiger partial charge in [0.25, 0.3) is 0 Å². The summed E-state index contributed by atoms with van der Waals surface area (Å²) in [5.41, 5.74) is 0.303. The number of hydrogen-bond donors (Lipinski definition) is 2. The SMILES string of the molecule is CC1CC(CC(=O)NC2(CNC(=O)C(C)(C)c3cccnc3)CC2)CC(C)(C)C1. The first kappa shape index (κ1) is 21.8. The second-order valence-electron chi connectivity index (χ2n) is 10.9. The Balaban J connectivity index is 1.50. The van der Waals surface area contributed by atoms with E-state index in [0.29, 0.717) is 30.2 Å². The molecule has 5 nitrogen and oxygen atoms in total. The molecule has 0 saturated heterocycles. The van der Waals surface area contributed by atoms with Crippen LogP contribution in [0.2, 0.25) is 0 Å². The smallest absolute Gasteiger partial charge is 0.230 e. The highest BCUT2D eigenvalue weighted by atomic mass is 16.2. The second-order valence-corrected chi connectivity index (χ2v) is 10.9. The summed E-state index contributed by atoms with van der Waals surface area (Å²) in [6.45, 7) is 11.2. The van der Waals surface area contributed by atoms with Crippen LogP contribution >= 0.6 is 0 Å². The number of nitrogens with one attached hydrogen (secondary N) is 2. The Kier molecular flexibility index (Phi) is 6.07. The lowest BCUT2D eigenvalue weighted by Crippen LogP contribution is -2.49. The maximum absolute atomic E-state index is 12.8. The van der Waals surface area contributed by atoms with Crippen LogP contribution in [0.15, 0.2) is 24.5 Å². The second kappa shape index (κ2) is 8.08. The van der Waals surface area contributed by atoms with Gasteiger partial charge in [0, 0.05) is 25.4 Å². The molecule has 5 heteroatoms. The molecule has 2 aliphatic rings. The molecule has 0 aliphatic heterocycles. The molecule has 2 atom stereocenters. The van der Waals surface area contributed by atoms with Gasteiger partial charge in [0.15, 0.2) is 0 Å². The summed E-state index contributed by atoms with van der Waals surface area (Å²) in [7, 11) is 0. The van der Waals surface area contributed by atoms with Crippen LogP contribution < -0.4 is 10.6 Å². The minimum Gasteiger partial charge on any atom is -0.353 e. The zero-order chi connectivity index (χ0) is 21.3. The number of rotatable bonds is 7. The fourth-order valence-electron chi connectivity index (χ4n) is 5.14. The molecule has 0 aromatic carbocycles. The average molecular weight is 400 g/mol. The van der Waals surface area contributed by atoms with Crippen molar-refractivity contribution in [3.05, 3.63) is 30.1 Å². The maximum Gasteiger partial charge on any atom is 0.230 e. The summed E-state index contributed by atoms with van der Waals surface area (Å²) >= 11 is 0.